The molecule has 28 heavy (non-hydrogen) atoms. The van der Waals surface area contributed by atoms with E-state index in [1.54, 1.807) is 37.3 Å². The van der Waals surface area contributed by atoms with Crippen LogP contribution >= 0.6 is 0 Å². The molecule has 1 N–H and O–H groups in total. The lowest BCUT2D eigenvalue weighted by molar-refractivity contribution is 0.143. The lowest BCUT2D eigenvalue weighted by atomic mass is 10.1. The van der Waals surface area contributed by atoms with Crippen molar-refractivity contribution in [2.45, 2.75) is 6.54 Å². The summed E-state index contributed by atoms with van der Waals surface area (Å²) in [6.45, 7) is 3.69. The molecule has 1 fully saturated rings. The van der Waals surface area contributed by atoms with Crippen LogP contribution in [0.5, 0.6) is 11.5 Å². The number of amides is 2. The first-order valence-corrected chi connectivity index (χ1v) is 9.12. The molecule has 0 radical (unpaired) electrons. The zero-order chi connectivity index (χ0) is 19.9. The fourth-order valence-electron chi connectivity index (χ4n) is 3.16. The molecule has 0 saturated carbocycles. The second-order valence-electron chi connectivity index (χ2n) is 6.57. The van der Waals surface area contributed by atoms with Gasteiger partial charge in [-0.1, -0.05) is 12.1 Å². The average Bonchev–Trinajstić information content (AvgIpc) is 2.74. The Morgan fingerprint density at radius 1 is 1.07 bits per heavy atom. The molecule has 1 aliphatic rings. The molecule has 7 nitrogen and oxygen atoms in total. The summed E-state index contributed by atoms with van der Waals surface area (Å²) in [4.78, 5) is 16.7. The number of hydrogen-bond acceptors (Lipinski definition) is 5. The summed E-state index contributed by atoms with van der Waals surface area (Å²) in [5.74, 6) is 1.25. The van der Waals surface area contributed by atoms with Crippen LogP contribution in [0.1, 0.15) is 11.1 Å². The van der Waals surface area contributed by atoms with Crippen molar-refractivity contribution in [2.24, 2.45) is 0 Å². The maximum Gasteiger partial charge on any atom is 0.322 e. The van der Waals surface area contributed by atoms with Gasteiger partial charge in [0.05, 0.1) is 31.5 Å². The highest BCUT2D eigenvalue weighted by Crippen LogP contribution is 2.29. The van der Waals surface area contributed by atoms with Crippen LogP contribution in [-0.4, -0.2) is 56.2 Å². The number of benzene rings is 2. The quantitative estimate of drug-likeness (QED) is 0.863. The maximum absolute atomic E-state index is 12.6. The highest BCUT2D eigenvalue weighted by molar-refractivity contribution is 5.91. The van der Waals surface area contributed by atoms with Crippen molar-refractivity contribution in [2.75, 3.05) is 45.7 Å². The third kappa shape index (κ3) is 4.72. The van der Waals surface area contributed by atoms with Crippen molar-refractivity contribution in [3.63, 3.8) is 0 Å². The molecule has 0 atom stereocenters. The fraction of sp³-hybridized carbons (Fsp3) is 0.333. The monoisotopic (exact) mass is 380 g/mol. The fourth-order valence-corrected chi connectivity index (χ4v) is 3.16. The summed E-state index contributed by atoms with van der Waals surface area (Å²) >= 11 is 0. The first-order valence-electron chi connectivity index (χ1n) is 9.12. The topological polar surface area (TPSA) is 77.8 Å². The molecule has 0 bridgehead atoms. The number of carbonyl (C=O) groups is 1. The SMILES string of the molecule is COc1ccc(OC)c(NC(=O)N2CCN(Cc3ccc(C#N)cc3)CC2)c1. The summed E-state index contributed by atoms with van der Waals surface area (Å²) in [6, 6.07) is 14.9. The summed E-state index contributed by atoms with van der Waals surface area (Å²) in [5.41, 5.74) is 2.42. The van der Waals surface area contributed by atoms with Crippen LogP contribution < -0.4 is 14.8 Å². The lowest BCUT2D eigenvalue weighted by Gasteiger charge is -2.34. The van der Waals surface area contributed by atoms with Gasteiger partial charge in [-0.2, -0.15) is 5.26 Å². The van der Waals surface area contributed by atoms with Crippen molar-refractivity contribution in [1.82, 2.24) is 9.80 Å². The van der Waals surface area contributed by atoms with Crippen molar-refractivity contribution in [1.29, 1.82) is 5.26 Å². The van der Waals surface area contributed by atoms with Gasteiger partial charge < -0.3 is 19.7 Å². The number of ether oxygens (including phenoxy) is 2. The van der Waals surface area contributed by atoms with Gasteiger partial charge in [0, 0.05) is 38.8 Å². The Morgan fingerprint density at radius 3 is 2.39 bits per heavy atom. The third-order valence-corrected chi connectivity index (χ3v) is 4.80. The second kappa shape index (κ2) is 9.11. The molecule has 1 saturated heterocycles. The van der Waals surface area contributed by atoms with E-state index in [2.05, 4.69) is 16.3 Å². The molecule has 0 spiro atoms. The first-order chi connectivity index (χ1) is 13.6. The Labute approximate surface area is 165 Å². The van der Waals surface area contributed by atoms with E-state index in [-0.39, 0.29) is 6.03 Å². The number of urea groups is 1. The number of nitrogens with zero attached hydrogens (tertiary/aromatic N) is 3. The van der Waals surface area contributed by atoms with E-state index >= 15 is 0 Å². The average molecular weight is 380 g/mol. The van der Waals surface area contributed by atoms with Gasteiger partial charge in [0.1, 0.15) is 11.5 Å². The van der Waals surface area contributed by atoms with E-state index in [0.29, 0.717) is 35.8 Å². The number of rotatable bonds is 5. The van der Waals surface area contributed by atoms with Gasteiger partial charge in [-0.25, -0.2) is 4.79 Å². The molecule has 146 valence electrons. The van der Waals surface area contributed by atoms with Crippen LogP contribution in [0.25, 0.3) is 0 Å². The Balaban J connectivity index is 1.54. The predicted octanol–water partition coefficient (Wildman–Crippen LogP) is 2.93. The minimum absolute atomic E-state index is 0.149. The number of hydrogen-bond donors (Lipinski definition) is 1. The Morgan fingerprint density at radius 2 is 1.79 bits per heavy atom. The van der Waals surface area contributed by atoms with Gasteiger partial charge in [-0.3, -0.25) is 4.90 Å². The second-order valence-corrected chi connectivity index (χ2v) is 6.57. The molecule has 1 heterocycles. The summed E-state index contributed by atoms with van der Waals surface area (Å²) in [7, 11) is 3.15. The van der Waals surface area contributed by atoms with Crippen LogP contribution in [0.3, 0.4) is 0 Å². The van der Waals surface area contributed by atoms with Crippen LogP contribution in [0, 0.1) is 11.3 Å². The molecule has 2 amide bonds. The number of anilines is 1. The molecule has 1 aliphatic heterocycles. The van der Waals surface area contributed by atoms with E-state index in [1.807, 2.05) is 24.3 Å². The van der Waals surface area contributed by atoms with E-state index in [1.165, 1.54) is 0 Å². The van der Waals surface area contributed by atoms with Crippen molar-refractivity contribution < 1.29 is 14.3 Å². The summed E-state index contributed by atoms with van der Waals surface area (Å²) in [6.07, 6.45) is 0. The van der Waals surface area contributed by atoms with Gasteiger partial charge >= 0.3 is 6.03 Å². The van der Waals surface area contributed by atoms with E-state index in [0.717, 1.165) is 25.2 Å². The molecule has 0 aromatic heterocycles. The zero-order valence-corrected chi connectivity index (χ0v) is 16.1. The minimum Gasteiger partial charge on any atom is -0.497 e. The number of nitrogens with one attached hydrogen (secondary N) is 1. The Kier molecular flexibility index (Phi) is 6.35. The number of piperazine rings is 1. The summed E-state index contributed by atoms with van der Waals surface area (Å²) < 4.78 is 10.5. The van der Waals surface area contributed by atoms with E-state index in [9.17, 15) is 4.79 Å². The van der Waals surface area contributed by atoms with Crippen LogP contribution in [0.4, 0.5) is 10.5 Å². The normalized spacial score (nSPS) is 14.2. The summed E-state index contributed by atoms with van der Waals surface area (Å²) in [5, 5.41) is 11.8. The van der Waals surface area contributed by atoms with Crippen molar-refractivity contribution in [3.8, 4) is 17.6 Å². The molecule has 0 aliphatic carbocycles. The molecular weight excluding hydrogens is 356 g/mol. The maximum atomic E-state index is 12.6. The lowest BCUT2D eigenvalue weighted by Crippen LogP contribution is -2.49. The van der Waals surface area contributed by atoms with Gasteiger partial charge in [0.15, 0.2) is 0 Å². The zero-order valence-electron chi connectivity index (χ0n) is 16.1. The number of carbonyl (C=O) groups excluding carboxylic acids is 1. The number of methoxy groups -OCH3 is 2. The van der Waals surface area contributed by atoms with E-state index < -0.39 is 0 Å². The van der Waals surface area contributed by atoms with Crippen molar-refractivity contribution >= 4 is 11.7 Å². The smallest absolute Gasteiger partial charge is 0.322 e. The highest BCUT2D eigenvalue weighted by Gasteiger charge is 2.22. The van der Waals surface area contributed by atoms with Crippen molar-refractivity contribution in [3.05, 3.63) is 53.6 Å². The Bertz CT molecular complexity index is 853. The van der Waals surface area contributed by atoms with Gasteiger partial charge in [0.25, 0.3) is 0 Å². The molecule has 7 heteroatoms. The highest BCUT2D eigenvalue weighted by atomic mass is 16.5. The minimum atomic E-state index is -0.149. The molecule has 0 unspecified atom stereocenters. The first kappa shape index (κ1) is 19.5. The Hall–Kier alpha value is -3.24. The van der Waals surface area contributed by atoms with Gasteiger partial charge in [0.2, 0.25) is 0 Å². The van der Waals surface area contributed by atoms with Gasteiger partial charge in [-0.05, 0) is 29.8 Å². The predicted molar refractivity (Wildman–Crippen MR) is 107 cm³/mol. The molecule has 2 aromatic rings. The largest absolute Gasteiger partial charge is 0.497 e. The van der Waals surface area contributed by atoms with E-state index in [4.69, 9.17) is 14.7 Å². The molecule has 3 rings (SSSR count). The van der Waals surface area contributed by atoms with Crippen LogP contribution in [-0.2, 0) is 6.54 Å². The van der Waals surface area contributed by atoms with Gasteiger partial charge in [-0.15, -0.1) is 0 Å². The third-order valence-electron chi connectivity index (χ3n) is 4.80. The molecular formula is C21H24N4O3. The number of nitriles is 1. The standard InChI is InChI=1S/C21H24N4O3/c1-27-18-7-8-20(28-2)19(13-18)23-21(26)25-11-9-24(10-12-25)15-17-5-3-16(14-22)4-6-17/h3-8,13H,9-12,15H2,1-2H3,(H,23,26). The molecule has 2 aromatic carbocycles. The van der Waals surface area contributed by atoms with Crippen LogP contribution in [0.2, 0.25) is 0 Å². The van der Waals surface area contributed by atoms with Crippen LogP contribution in [0.15, 0.2) is 42.5 Å².